The molecule has 1 aliphatic rings. The number of amides is 1. The van der Waals surface area contributed by atoms with Crippen LogP contribution in [0.5, 0.6) is 5.75 Å². The largest absolute Gasteiger partial charge is 0.494 e. The minimum absolute atomic E-state index is 0.0117. The van der Waals surface area contributed by atoms with Gasteiger partial charge in [-0.3, -0.25) is 14.6 Å². The first-order valence-electron chi connectivity index (χ1n) is 9.77. The van der Waals surface area contributed by atoms with E-state index in [-0.39, 0.29) is 5.91 Å². The summed E-state index contributed by atoms with van der Waals surface area (Å²) in [6.07, 6.45) is 0.892. The molecule has 0 bridgehead atoms. The number of thiophene rings is 1. The first kappa shape index (κ1) is 20.3. The van der Waals surface area contributed by atoms with Crippen LogP contribution in [0.1, 0.15) is 21.7 Å². The summed E-state index contributed by atoms with van der Waals surface area (Å²) < 4.78 is 12.0. The lowest BCUT2D eigenvalue weighted by atomic mass is 10.2. The Bertz CT molecular complexity index is 965. The topological polar surface area (TPSA) is 54.9 Å². The van der Waals surface area contributed by atoms with E-state index >= 15 is 0 Å². The number of hydrogen-bond acceptors (Lipinski definition) is 7. The first-order valence-corrected chi connectivity index (χ1v) is 11.5. The summed E-state index contributed by atoms with van der Waals surface area (Å²) in [6, 6.07) is 7.76. The number of hydrogen-bond donors (Lipinski definition) is 0. The third-order valence-electron chi connectivity index (χ3n) is 5.08. The molecular formula is C21H25N3O3S2. The number of carbonyl (C=O) groups is 1. The normalized spacial score (nSPS) is 15.0. The molecule has 4 rings (SSSR count). The van der Waals surface area contributed by atoms with E-state index in [1.165, 1.54) is 11.3 Å². The number of nitrogens with zero attached hydrogens (tertiary/aromatic N) is 3. The molecule has 0 aliphatic carbocycles. The van der Waals surface area contributed by atoms with Gasteiger partial charge in [0.15, 0.2) is 5.13 Å². The molecule has 29 heavy (non-hydrogen) atoms. The van der Waals surface area contributed by atoms with Crippen molar-refractivity contribution in [2.45, 2.75) is 13.3 Å². The molecule has 0 N–H and O–H groups in total. The minimum atomic E-state index is 0.0117. The van der Waals surface area contributed by atoms with Crippen LogP contribution in [0.15, 0.2) is 29.6 Å². The monoisotopic (exact) mass is 431 g/mol. The van der Waals surface area contributed by atoms with Crippen molar-refractivity contribution in [3.63, 3.8) is 0 Å². The van der Waals surface area contributed by atoms with Crippen molar-refractivity contribution in [1.82, 2.24) is 9.88 Å². The van der Waals surface area contributed by atoms with Crippen LogP contribution >= 0.6 is 22.7 Å². The fraction of sp³-hybridized carbons (Fsp3) is 0.429. The van der Waals surface area contributed by atoms with Crippen molar-refractivity contribution >= 4 is 43.9 Å². The zero-order valence-corrected chi connectivity index (χ0v) is 18.4. The number of aryl methyl sites for hydroxylation is 1. The number of morpholine rings is 1. The van der Waals surface area contributed by atoms with Crippen molar-refractivity contribution in [3.8, 4) is 5.75 Å². The van der Waals surface area contributed by atoms with Gasteiger partial charge in [-0.2, -0.15) is 0 Å². The number of methoxy groups -OCH3 is 1. The molecule has 1 amide bonds. The summed E-state index contributed by atoms with van der Waals surface area (Å²) in [7, 11) is 1.65. The Hall–Kier alpha value is -2.00. The summed E-state index contributed by atoms with van der Waals surface area (Å²) in [5.74, 6) is 0.752. The summed E-state index contributed by atoms with van der Waals surface area (Å²) >= 11 is 3.03. The van der Waals surface area contributed by atoms with Crippen molar-refractivity contribution in [2.24, 2.45) is 0 Å². The molecule has 2 aromatic heterocycles. The van der Waals surface area contributed by atoms with Crippen LogP contribution in [0.4, 0.5) is 5.13 Å². The van der Waals surface area contributed by atoms with Crippen molar-refractivity contribution < 1.29 is 14.3 Å². The average Bonchev–Trinajstić information content (AvgIpc) is 3.43. The van der Waals surface area contributed by atoms with Gasteiger partial charge in [0.1, 0.15) is 11.3 Å². The molecule has 3 aromatic rings. The quantitative estimate of drug-likeness (QED) is 0.565. The lowest BCUT2D eigenvalue weighted by Gasteiger charge is -2.27. The maximum atomic E-state index is 13.2. The maximum Gasteiger partial charge on any atom is 0.270 e. The van der Waals surface area contributed by atoms with E-state index in [1.54, 1.807) is 18.4 Å². The van der Waals surface area contributed by atoms with E-state index in [4.69, 9.17) is 14.5 Å². The van der Waals surface area contributed by atoms with E-state index in [9.17, 15) is 4.79 Å². The lowest BCUT2D eigenvalue weighted by Crippen LogP contribution is -2.39. The molecule has 0 spiro atoms. The molecule has 1 aliphatic heterocycles. The second-order valence-corrected chi connectivity index (χ2v) is 8.93. The minimum Gasteiger partial charge on any atom is -0.494 e. The zero-order valence-electron chi connectivity index (χ0n) is 16.7. The molecule has 0 saturated carbocycles. The van der Waals surface area contributed by atoms with Crippen LogP contribution < -0.4 is 9.64 Å². The van der Waals surface area contributed by atoms with Gasteiger partial charge in [-0.25, -0.2) is 4.98 Å². The summed E-state index contributed by atoms with van der Waals surface area (Å²) in [5.41, 5.74) is 1.96. The maximum absolute atomic E-state index is 13.2. The van der Waals surface area contributed by atoms with Crippen LogP contribution in [0.3, 0.4) is 0 Å². The van der Waals surface area contributed by atoms with E-state index < -0.39 is 0 Å². The Morgan fingerprint density at radius 1 is 1.31 bits per heavy atom. The second-order valence-electron chi connectivity index (χ2n) is 7.00. The number of thiazole rings is 1. The van der Waals surface area contributed by atoms with Gasteiger partial charge in [0.05, 0.1) is 29.9 Å². The van der Waals surface area contributed by atoms with Gasteiger partial charge in [-0.1, -0.05) is 23.5 Å². The number of benzene rings is 1. The highest BCUT2D eigenvalue weighted by Gasteiger charge is 2.23. The molecule has 0 unspecified atom stereocenters. The van der Waals surface area contributed by atoms with Crippen LogP contribution in [0.25, 0.3) is 10.2 Å². The fourth-order valence-corrected chi connectivity index (χ4v) is 5.22. The highest BCUT2D eigenvalue weighted by Crippen LogP contribution is 2.37. The Balaban J connectivity index is 1.60. The van der Waals surface area contributed by atoms with Crippen LogP contribution in [0.2, 0.25) is 0 Å². The summed E-state index contributed by atoms with van der Waals surface area (Å²) in [4.78, 5) is 23.0. The smallest absolute Gasteiger partial charge is 0.270 e. The molecular weight excluding hydrogens is 406 g/mol. The van der Waals surface area contributed by atoms with E-state index in [0.717, 1.165) is 70.8 Å². The lowest BCUT2D eigenvalue weighted by molar-refractivity contribution is 0.0376. The molecule has 6 nitrogen and oxygen atoms in total. The molecule has 154 valence electrons. The molecule has 1 aromatic carbocycles. The molecule has 1 saturated heterocycles. The van der Waals surface area contributed by atoms with Gasteiger partial charge in [0.25, 0.3) is 5.91 Å². The number of carbonyl (C=O) groups excluding carboxylic acids is 1. The van der Waals surface area contributed by atoms with E-state index in [0.29, 0.717) is 6.54 Å². The second kappa shape index (κ2) is 9.21. The highest BCUT2D eigenvalue weighted by atomic mass is 32.1. The molecule has 1 fully saturated rings. The zero-order chi connectivity index (χ0) is 20.2. The summed E-state index contributed by atoms with van der Waals surface area (Å²) in [5, 5.41) is 2.66. The number of rotatable bonds is 7. The highest BCUT2D eigenvalue weighted by molar-refractivity contribution is 7.22. The van der Waals surface area contributed by atoms with Crippen LogP contribution in [-0.4, -0.2) is 62.3 Å². The summed E-state index contributed by atoms with van der Waals surface area (Å²) in [6.45, 7) is 7.13. The van der Waals surface area contributed by atoms with E-state index in [2.05, 4.69) is 11.8 Å². The third-order valence-corrected chi connectivity index (χ3v) is 7.15. The standard InChI is InChI=1S/C21H25N3O3S2/c1-15-6-7-16(26-2)18-19(15)29-21(22-18)24(20(25)17-5-3-14-28-17)9-4-8-23-10-12-27-13-11-23/h3,5-7,14H,4,8-13H2,1-2H3. The fourth-order valence-electron chi connectivity index (χ4n) is 3.47. The predicted molar refractivity (Wildman–Crippen MR) is 119 cm³/mol. The van der Waals surface area contributed by atoms with Crippen molar-refractivity contribution in [1.29, 1.82) is 0 Å². The van der Waals surface area contributed by atoms with Gasteiger partial charge in [0.2, 0.25) is 0 Å². The van der Waals surface area contributed by atoms with Crippen molar-refractivity contribution in [2.75, 3.05) is 51.4 Å². The van der Waals surface area contributed by atoms with Crippen molar-refractivity contribution in [3.05, 3.63) is 40.1 Å². The Kier molecular flexibility index (Phi) is 6.44. The average molecular weight is 432 g/mol. The van der Waals surface area contributed by atoms with Crippen LogP contribution in [0, 0.1) is 6.92 Å². The third kappa shape index (κ3) is 4.45. The predicted octanol–water partition coefficient (Wildman–Crippen LogP) is 4.04. The molecule has 8 heteroatoms. The molecule has 3 heterocycles. The van der Waals surface area contributed by atoms with Gasteiger partial charge in [-0.05, 0) is 36.4 Å². The van der Waals surface area contributed by atoms with Gasteiger partial charge in [0, 0.05) is 26.2 Å². The molecule has 0 radical (unpaired) electrons. The SMILES string of the molecule is COc1ccc(C)c2sc(N(CCCN3CCOCC3)C(=O)c3cccs3)nc12. The number of fused-ring (bicyclic) bond motifs is 1. The Labute approximate surface area is 178 Å². The van der Waals surface area contributed by atoms with Crippen LogP contribution in [-0.2, 0) is 4.74 Å². The number of anilines is 1. The van der Waals surface area contributed by atoms with Gasteiger partial charge < -0.3 is 9.47 Å². The number of aromatic nitrogens is 1. The van der Waals surface area contributed by atoms with Gasteiger partial charge >= 0.3 is 0 Å². The Morgan fingerprint density at radius 2 is 2.14 bits per heavy atom. The van der Waals surface area contributed by atoms with E-state index in [1.807, 2.05) is 34.5 Å². The Morgan fingerprint density at radius 3 is 2.86 bits per heavy atom. The molecule has 0 atom stereocenters. The number of ether oxygens (including phenoxy) is 2. The van der Waals surface area contributed by atoms with Gasteiger partial charge in [-0.15, -0.1) is 11.3 Å². The first-order chi connectivity index (χ1) is 14.2.